The summed E-state index contributed by atoms with van der Waals surface area (Å²) in [6.07, 6.45) is 7.97. The van der Waals surface area contributed by atoms with Gasteiger partial charge in [-0.05, 0) is 29.6 Å². The lowest BCUT2D eigenvalue weighted by Gasteiger charge is -2.11. The first kappa shape index (κ1) is 9.14. The molecule has 0 saturated carbocycles. The van der Waals surface area contributed by atoms with Gasteiger partial charge in [0.1, 0.15) is 0 Å². The summed E-state index contributed by atoms with van der Waals surface area (Å²) in [5.74, 6) is 0. The first-order chi connectivity index (χ1) is 5.79. The normalized spacial score (nSPS) is 17.6. The average molecular weight is 176 g/mol. The third-order valence-corrected chi connectivity index (χ3v) is 2.51. The maximum absolute atomic E-state index is 3.96. The molecule has 1 heterocycles. The molecule has 1 heteroatoms. The van der Waals surface area contributed by atoms with Crippen molar-refractivity contribution in [2.45, 2.75) is 6.92 Å². The molecule has 1 aliphatic heterocycles. The summed E-state index contributed by atoms with van der Waals surface area (Å²) in [6, 6.07) is 0. The molecule has 0 aromatic rings. The van der Waals surface area contributed by atoms with Crippen molar-refractivity contribution >= 4 is 11.8 Å². The lowest BCUT2D eigenvalue weighted by Crippen LogP contribution is -1.88. The predicted octanol–water partition coefficient (Wildman–Crippen LogP) is 3.82. The average Bonchev–Trinajstić information content (AvgIpc) is 2.09. The Kier molecular flexibility index (Phi) is 3.18. The van der Waals surface area contributed by atoms with Crippen LogP contribution >= 0.6 is 11.8 Å². The Morgan fingerprint density at radius 1 is 1.50 bits per heavy atom. The van der Waals surface area contributed by atoms with Gasteiger partial charge in [0.25, 0.3) is 0 Å². The van der Waals surface area contributed by atoms with Crippen LogP contribution in [-0.2, 0) is 0 Å². The summed E-state index contributed by atoms with van der Waals surface area (Å²) in [7, 11) is 0. The van der Waals surface area contributed by atoms with E-state index in [-0.39, 0.29) is 0 Å². The van der Waals surface area contributed by atoms with Gasteiger partial charge >= 0.3 is 0 Å². The molecule has 0 aromatic heterocycles. The zero-order valence-corrected chi connectivity index (χ0v) is 8.03. The molecule has 0 unspecified atom stereocenters. The van der Waals surface area contributed by atoms with Gasteiger partial charge in [-0.1, -0.05) is 43.1 Å². The Morgan fingerprint density at radius 2 is 2.25 bits per heavy atom. The molecule has 0 fully saturated rings. The highest BCUT2D eigenvalue weighted by Crippen LogP contribution is 2.32. The predicted molar refractivity (Wildman–Crippen MR) is 57.9 cm³/mol. The second-order valence-corrected chi connectivity index (χ2v) is 3.38. The maximum atomic E-state index is 3.96. The van der Waals surface area contributed by atoms with E-state index < -0.39 is 0 Å². The van der Waals surface area contributed by atoms with Gasteiger partial charge in [0.2, 0.25) is 0 Å². The molecule has 0 atom stereocenters. The van der Waals surface area contributed by atoms with E-state index in [0.29, 0.717) is 0 Å². The van der Waals surface area contributed by atoms with Gasteiger partial charge in [-0.2, -0.15) is 0 Å². The quantitative estimate of drug-likeness (QED) is 0.616. The van der Waals surface area contributed by atoms with Crippen LogP contribution in [0.1, 0.15) is 6.92 Å². The van der Waals surface area contributed by atoms with Gasteiger partial charge in [0.05, 0.1) is 0 Å². The molecule has 1 aliphatic rings. The van der Waals surface area contributed by atoms with Crippen molar-refractivity contribution in [1.82, 2.24) is 0 Å². The minimum absolute atomic E-state index is 1.06. The molecule has 0 amide bonds. The van der Waals surface area contributed by atoms with Crippen molar-refractivity contribution in [3.05, 3.63) is 58.9 Å². The highest BCUT2D eigenvalue weighted by Gasteiger charge is 2.06. The molecule has 0 aliphatic carbocycles. The monoisotopic (exact) mass is 176 g/mol. The molecule has 0 spiro atoms. The van der Waals surface area contributed by atoms with E-state index in [1.54, 1.807) is 11.8 Å². The standard InChI is InChI=1S/C11H12S/c1-4-6-10-9(3)7-8-12-11(10)5-2/h4-8H,2-3H2,1H3/b6-4-. The molecule has 12 heavy (non-hydrogen) atoms. The van der Waals surface area contributed by atoms with E-state index in [1.165, 1.54) is 10.5 Å². The molecule has 1 rings (SSSR count). The van der Waals surface area contributed by atoms with Crippen LogP contribution in [0.25, 0.3) is 0 Å². The SMILES string of the molecule is C=CC1=C(/C=C\C)C(=C)C=CS1. The maximum Gasteiger partial charge on any atom is 0.0188 e. The number of thioether (sulfide) groups is 1. The molecule has 0 saturated heterocycles. The van der Waals surface area contributed by atoms with Crippen molar-refractivity contribution in [1.29, 1.82) is 0 Å². The van der Waals surface area contributed by atoms with Crippen LogP contribution in [-0.4, -0.2) is 0 Å². The Balaban J connectivity index is 3.06. The fraction of sp³-hybridized carbons (Fsp3) is 0.0909. The first-order valence-corrected chi connectivity index (χ1v) is 4.69. The Morgan fingerprint density at radius 3 is 2.83 bits per heavy atom. The fourth-order valence-corrected chi connectivity index (χ4v) is 1.82. The summed E-state index contributed by atoms with van der Waals surface area (Å²) >= 11 is 1.68. The molecule has 0 aromatic carbocycles. The molecule has 0 N–H and O–H groups in total. The van der Waals surface area contributed by atoms with E-state index in [0.717, 1.165) is 5.57 Å². The Labute approximate surface area is 78.1 Å². The van der Waals surface area contributed by atoms with Gasteiger partial charge in [-0.15, -0.1) is 0 Å². The van der Waals surface area contributed by atoms with Gasteiger partial charge in [0, 0.05) is 4.91 Å². The highest BCUT2D eigenvalue weighted by molar-refractivity contribution is 8.06. The first-order valence-electron chi connectivity index (χ1n) is 3.81. The summed E-state index contributed by atoms with van der Waals surface area (Å²) in [5.41, 5.74) is 2.24. The Hall–Kier alpha value is -0.950. The van der Waals surface area contributed by atoms with Crippen molar-refractivity contribution in [3.8, 4) is 0 Å². The zero-order valence-electron chi connectivity index (χ0n) is 7.21. The van der Waals surface area contributed by atoms with Gasteiger partial charge in [-0.3, -0.25) is 0 Å². The van der Waals surface area contributed by atoms with E-state index in [4.69, 9.17) is 0 Å². The minimum atomic E-state index is 1.06. The van der Waals surface area contributed by atoms with E-state index in [1.807, 2.05) is 30.6 Å². The van der Waals surface area contributed by atoms with Gasteiger partial charge < -0.3 is 0 Å². The van der Waals surface area contributed by atoms with Crippen LogP contribution in [0, 0.1) is 0 Å². The van der Waals surface area contributed by atoms with Crippen molar-refractivity contribution < 1.29 is 0 Å². The number of rotatable bonds is 2. The van der Waals surface area contributed by atoms with Crippen LogP contribution in [0.2, 0.25) is 0 Å². The second-order valence-electron chi connectivity index (χ2n) is 2.43. The third kappa shape index (κ3) is 1.80. The summed E-state index contributed by atoms with van der Waals surface area (Å²) in [4.78, 5) is 1.18. The third-order valence-electron chi connectivity index (χ3n) is 1.59. The van der Waals surface area contributed by atoms with E-state index in [9.17, 15) is 0 Å². The topological polar surface area (TPSA) is 0 Å². The molecule has 62 valence electrons. The number of hydrogen-bond acceptors (Lipinski definition) is 1. The summed E-state index contributed by atoms with van der Waals surface area (Å²) in [5, 5.41) is 2.03. The van der Waals surface area contributed by atoms with Crippen LogP contribution in [0.4, 0.5) is 0 Å². The zero-order chi connectivity index (χ0) is 8.97. The molecule has 0 nitrogen and oxygen atoms in total. The summed E-state index contributed by atoms with van der Waals surface area (Å²) < 4.78 is 0. The minimum Gasteiger partial charge on any atom is -0.0979 e. The molecular formula is C11H12S. The molecule has 0 bridgehead atoms. The number of allylic oxidation sites excluding steroid dienone is 6. The lowest BCUT2D eigenvalue weighted by atomic mass is 10.1. The largest absolute Gasteiger partial charge is 0.0979 e. The van der Waals surface area contributed by atoms with Crippen molar-refractivity contribution in [2.24, 2.45) is 0 Å². The van der Waals surface area contributed by atoms with Crippen LogP contribution < -0.4 is 0 Å². The van der Waals surface area contributed by atoms with Gasteiger partial charge in [0.15, 0.2) is 0 Å². The second kappa shape index (κ2) is 4.17. The van der Waals surface area contributed by atoms with Crippen molar-refractivity contribution in [2.75, 3.05) is 0 Å². The van der Waals surface area contributed by atoms with Crippen LogP contribution in [0.5, 0.6) is 0 Å². The summed E-state index contributed by atoms with van der Waals surface area (Å²) in [6.45, 7) is 9.72. The molecular weight excluding hydrogens is 164 g/mol. The highest BCUT2D eigenvalue weighted by atomic mass is 32.2. The van der Waals surface area contributed by atoms with Gasteiger partial charge in [-0.25, -0.2) is 0 Å². The van der Waals surface area contributed by atoms with Crippen LogP contribution in [0.3, 0.4) is 0 Å². The number of hydrogen-bond donors (Lipinski definition) is 0. The van der Waals surface area contributed by atoms with Crippen molar-refractivity contribution in [3.63, 3.8) is 0 Å². The van der Waals surface area contributed by atoms with E-state index in [2.05, 4.69) is 19.2 Å². The lowest BCUT2D eigenvalue weighted by molar-refractivity contribution is 1.52. The molecule has 0 radical (unpaired) electrons. The fourth-order valence-electron chi connectivity index (χ4n) is 1.01. The Bertz CT molecular complexity index is 290. The van der Waals surface area contributed by atoms with E-state index >= 15 is 0 Å². The smallest absolute Gasteiger partial charge is 0.0188 e. The van der Waals surface area contributed by atoms with Crippen LogP contribution in [0.15, 0.2) is 58.9 Å².